The van der Waals surface area contributed by atoms with E-state index in [-0.39, 0.29) is 11.8 Å². The van der Waals surface area contributed by atoms with Crippen molar-refractivity contribution in [2.24, 2.45) is 5.73 Å². The fraction of sp³-hybridized carbons (Fsp3) is 1.00. The molecule has 0 spiro atoms. The van der Waals surface area contributed by atoms with Gasteiger partial charge in [-0.1, -0.05) is 33.1 Å². The first-order valence-electron chi connectivity index (χ1n) is 5.97. The number of hydrogen-bond acceptors (Lipinski definition) is 3. The summed E-state index contributed by atoms with van der Waals surface area (Å²) in [7, 11) is -2.80. The maximum Gasteiger partial charge on any atom is 0.150 e. The first-order valence-corrected chi connectivity index (χ1v) is 7.80. The molecule has 15 heavy (non-hydrogen) atoms. The third kappa shape index (κ3) is 8.88. The van der Waals surface area contributed by atoms with E-state index in [0.29, 0.717) is 12.2 Å². The monoisotopic (exact) mass is 235 g/mol. The maximum absolute atomic E-state index is 11.2. The van der Waals surface area contributed by atoms with E-state index in [1.807, 2.05) is 0 Å². The minimum Gasteiger partial charge on any atom is -0.328 e. The van der Waals surface area contributed by atoms with Crippen molar-refractivity contribution in [1.29, 1.82) is 0 Å². The Bertz CT molecular complexity index is 237. The second kappa shape index (κ2) is 8.11. The minimum atomic E-state index is -2.80. The molecule has 0 amide bonds. The highest BCUT2D eigenvalue weighted by atomic mass is 32.2. The molecular formula is C11H25NO2S. The van der Waals surface area contributed by atoms with Gasteiger partial charge >= 0.3 is 0 Å². The average Bonchev–Trinajstić information content (AvgIpc) is 2.18. The summed E-state index contributed by atoms with van der Waals surface area (Å²) in [6, 6.07) is 0.184. The molecule has 0 aromatic rings. The second-order valence-corrected chi connectivity index (χ2v) is 6.61. The van der Waals surface area contributed by atoms with E-state index in [1.54, 1.807) is 6.92 Å². The predicted molar refractivity (Wildman–Crippen MR) is 65.7 cm³/mol. The van der Waals surface area contributed by atoms with Gasteiger partial charge in [0.2, 0.25) is 0 Å². The Morgan fingerprint density at radius 1 is 1.07 bits per heavy atom. The van der Waals surface area contributed by atoms with Gasteiger partial charge in [0.1, 0.15) is 9.84 Å². The molecule has 0 radical (unpaired) electrons. The van der Waals surface area contributed by atoms with Crippen molar-refractivity contribution in [3.05, 3.63) is 0 Å². The standard InChI is InChI=1S/C11H25NO2S/c1-3-5-6-8-11(12)9-7-10-15(13,14)4-2/h11H,3-10,12H2,1-2H3. The quantitative estimate of drug-likeness (QED) is 0.623. The summed E-state index contributed by atoms with van der Waals surface area (Å²) in [5.74, 6) is 0.545. The van der Waals surface area contributed by atoms with Gasteiger partial charge in [0.15, 0.2) is 0 Å². The van der Waals surface area contributed by atoms with Gasteiger partial charge in [0.05, 0.1) is 5.75 Å². The Balaban J connectivity index is 3.50. The molecule has 0 saturated heterocycles. The molecular weight excluding hydrogens is 210 g/mol. The first-order chi connectivity index (χ1) is 7.02. The van der Waals surface area contributed by atoms with Crippen LogP contribution >= 0.6 is 0 Å². The molecule has 0 fully saturated rings. The first kappa shape index (κ1) is 14.9. The zero-order chi connectivity index (χ0) is 11.7. The van der Waals surface area contributed by atoms with Crippen molar-refractivity contribution in [3.63, 3.8) is 0 Å². The fourth-order valence-corrected chi connectivity index (χ4v) is 2.41. The molecule has 0 aliphatic heterocycles. The van der Waals surface area contributed by atoms with Crippen molar-refractivity contribution >= 4 is 9.84 Å². The predicted octanol–water partition coefficient (Wildman–Crippen LogP) is 2.11. The van der Waals surface area contributed by atoms with Gasteiger partial charge in [-0.25, -0.2) is 8.42 Å². The number of nitrogens with two attached hydrogens (primary N) is 1. The van der Waals surface area contributed by atoms with E-state index in [9.17, 15) is 8.42 Å². The smallest absolute Gasteiger partial charge is 0.150 e. The molecule has 2 N–H and O–H groups in total. The highest BCUT2D eigenvalue weighted by Gasteiger charge is 2.08. The topological polar surface area (TPSA) is 60.2 Å². The molecule has 0 saturated carbocycles. The van der Waals surface area contributed by atoms with E-state index in [4.69, 9.17) is 5.73 Å². The SMILES string of the molecule is CCCCCC(N)CCCS(=O)(=O)CC. The third-order valence-electron chi connectivity index (χ3n) is 2.65. The van der Waals surface area contributed by atoms with Crippen LogP contribution in [0.2, 0.25) is 0 Å². The fourth-order valence-electron chi connectivity index (χ4n) is 1.51. The Hall–Kier alpha value is -0.0900. The highest BCUT2D eigenvalue weighted by molar-refractivity contribution is 7.91. The molecule has 92 valence electrons. The van der Waals surface area contributed by atoms with Crippen LogP contribution in [-0.2, 0) is 9.84 Å². The minimum absolute atomic E-state index is 0.184. The lowest BCUT2D eigenvalue weighted by Gasteiger charge is -2.10. The van der Waals surface area contributed by atoms with Crippen LogP contribution in [-0.4, -0.2) is 26.0 Å². The Labute approximate surface area is 94.4 Å². The lowest BCUT2D eigenvalue weighted by molar-refractivity contribution is 0.521. The van der Waals surface area contributed by atoms with Crippen molar-refractivity contribution in [3.8, 4) is 0 Å². The van der Waals surface area contributed by atoms with Gasteiger partial charge in [-0.2, -0.15) is 0 Å². The molecule has 0 rings (SSSR count). The summed E-state index contributed by atoms with van der Waals surface area (Å²) in [5.41, 5.74) is 5.89. The normalized spacial score (nSPS) is 14.1. The van der Waals surface area contributed by atoms with Crippen LogP contribution in [0.4, 0.5) is 0 Å². The lowest BCUT2D eigenvalue weighted by Crippen LogP contribution is -2.21. The van der Waals surface area contributed by atoms with Crippen LogP contribution in [0, 0.1) is 0 Å². The van der Waals surface area contributed by atoms with Crippen LogP contribution in [0.5, 0.6) is 0 Å². The average molecular weight is 235 g/mol. The molecule has 3 nitrogen and oxygen atoms in total. The molecule has 1 atom stereocenters. The van der Waals surface area contributed by atoms with Crippen LogP contribution in [0.3, 0.4) is 0 Å². The summed E-state index contributed by atoms with van der Waals surface area (Å²) in [6.07, 6.45) is 6.17. The van der Waals surface area contributed by atoms with Crippen LogP contribution < -0.4 is 5.73 Å². The second-order valence-electron chi connectivity index (χ2n) is 4.13. The Kier molecular flexibility index (Phi) is 8.06. The zero-order valence-electron chi connectivity index (χ0n) is 10.0. The van der Waals surface area contributed by atoms with E-state index in [0.717, 1.165) is 19.3 Å². The van der Waals surface area contributed by atoms with Gasteiger partial charge in [0, 0.05) is 11.8 Å². The van der Waals surface area contributed by atoms with Crippen LogP contribution in [0.1, 0.15) is 52.4 Å². The van der Waals surface area contributed by atoms with E-state index < -0.39 is 9.84 Å². The van der Waals surface area contributed by atoms with Gasteiger partial charge in [-0.15, -0.1) is 0 Å². The molecule has 0 bridgehead atoms. The Morgan fingerprint density at radius 2 is 1.67 bits per heavy atom. The van der Waals surface area contributed by atoms with E-state index in [2.05, 4.69) is 6.92 Å². The van der Waals surface area contributed by atoms with Gasteiger partial charge in [-0.3, -0.25) is 0 Å². The molecule has 0 aromatic carbocycles. The van der Waals surface area contributed by atoms with Crippen molar-refractivity contribution in [1.82, 2.24) is 0 Å². The summed E-state index contributed by atoms with van der Waals surface area (Å²) >= 11 is 0. The molecule has 0 aromatic heterocycles. The molecule has 0 aliphatic rings. The molecule has 1 unspecified atom stereocenters. The van der Waals surface area contributed by atoms with E-state index in [1.165, 1.54) is 12.8 Å². The number of sulfone groups is 1. The number of rotatable bonds is 9. The van der Waals surface area contributed by atoms with Gasteiger partial charge in [-0.05, 0) is 19.3 Å². The number of unbranched alkanes of at least 4 members (excludes halogenated alkanes) is 2. The number of hydrogen-bond donors (Lipinski definition) is 1. The van der Waals surface area contributed by atoms with Crippen molar-refractivity contribution in [2.75, 3.05) is 11.5 Å². The lowest BCUT2D eigenvalue weighted by atomic mass is 10.1. The van der Waals surface area contributed by atoms with Crippen molar-refractivity contribution in [2.45, 2.75) is 58.4 Å². The molecule has 0 aliphatic carbocycles. The zero-order valence-corrected chi connectivity index (χ0v) is 10.9. The third-order valence-corrected chi connectivity index (χ3v) is 4.44. The summed E-state index contributed by atoms with van der Waals surface area (Å²) < 4.78 is 22.4. The summed E-state index contributed by atoms with van der Waals surface area (Å²) in [4.78, 5) is 0. The summed E-state index contributed by atoms with van der Waals surface area (Å²) in [6.45, 7) is 3.86. The highest BCUT2D eigenvalue weighted by Crippen LogP contribution is 2.07. The van der Waals surface area contributed by atoms with Crippen LogP contribution in [0.25, 0.3) is 0 Å². The van der Waals surface area contributed by atoms with Gasteiger partial charge < -0.3 is 5.73 Å². The van der Waals surface area contributed by atoms with Crippen LogP contribution in [0.15, 0.2) is 0 Å². The molecule has 4 heteroatoms. The largest absolute Gasteiger partial charge is 0.328 e. The molecule has 0 heterocycles. The maximum atomic E-state index is 11.2. The van der Waals surface area contributed by atoms with E-state index >= 15 is 0 Å². The van der Waals surface area contributed by atoms with Crippen molar-refractivity contribution < 1.29 is 8.42 Å². The summed E-state index contributed by atoms with van der Waals surface area (Å²) in [5, 5.41) is 0. The Morgan fingerprint density at radius 3 is 2.20 bits per heavy atom. The van der Waals surface area contributed by atoms with Gasteiger partial charge in [0.25, 0.3) is 0 Å².